The Balaban J connectivity index is 2.35. The Hall–Kier alpha value is -2.47. The lowest BCUT2D eigenvalue weighted by Crippen LogP contribution is -1.91. The molecule has 0 fully saturated rings. The van der Waals surface area contributed by atoms with Crippen molar-refractivity contribution >= 4 is 0 Å². The minimum atomic E-state index is 0.207. The van der Waals surface area contributed by atoms with Gasteiger partial charge in [0.25, 0.3) is 0 Å². The van der Waals surface area contributed by atoms with Crippen molar-refractivity contribution in [3.8, 4) is 23.3 Å². The molecule has 0 aliphatic heterocycles. The maximum atomic E-state index is 9.61. The topological polar surface area (TPSA) is 53.2 Å². The minimum absolute atomic E-state index is 0.207. The van der Waals surface area contributed by atoms with Crippen LogP contribution in [0.2, 0.25) is 0 Å². The number of hydrogen-bond donors (Lipinski definition) is 1. The van der Waals surface area contributed by atoms with Crippen LogP contribution in [0.5, 0.6) is 17.2 Å². The van der Waals surface area contributed by atoms with Crippen LogP contribution in [-0.2, 0) is 0 Å². The molecule has 0 amide bonds. The first-order valence-corrected chi connectivity index (χ1v) is 5.59. The smallest absolute Gasteiger partial charge is 0.134 e. The van der Waals surface area contributed by atoms with E-state index in [1.807, 2.05) is 6.92 Å². The lowest BCUT2D eigenvalue weighted by Gasteiger charge is -2.11. The van der Waals surface area contributed by atoms with Crippen LogP contribution < -0.4 is 4.74 Å². The Morgan fingerprint density at radius 1 is 1.11 bits per heavy atom. The van der Waals surface area contributed by atoms with E-state index in [1.165, 1.54) is 0 Å². The molecule has 0 atom stereocenters. The predicted molar refractivity (Wildman–Crippen MR) is 68.8 cm³/mol. The number of phenols is 1. The zero-order valence-corrected chi connectivity index (χ0v) is 10.3. The highest BCUT2D eigenvalue weighted by atomic mass is 16.5. The number of rotatable bonds is 2. The van der Waals surface area contributed by atoms with Crippen LogP contribution in [0.25, 0.3) is 0 Å². The summed E-state index contributed by atoms with van der Waals surface area (Å²) in [7, 11) is 0. The fourth-order valence-corrected chi connectivity index (χ4v) is 1.67. The zero-order valence-electron chi connectivity index (χ0n) is 10.3. The monoisotopic (exact) mass is 239 g/mol. The lowest BCUT2D eigenvalue weighted by atomic mass is 10.1. The van der Waals surface area contributed by atoms with Gasteiger partial charge in [0.2, 0.25) is 0 Å². The molecular formula is C15H13NO2. The fraction of sp³-hybridized carbons (Fsp3) is 0.133. The summed E-state index contributed by atoms with van der Waals surface area (Å²) in [5.41, 5.74) is 2.19. The molecule has 0 saturated carbocycles. The summed E-state index contributed by atoms with van der Waals surface area (Å²) in [6.07, 6.45) is 0. The second-order valence-electron chi connectivity index (χ2n) is 4.09. The van der Waals surface area contributed by atoms with Gasteiger partial charge in [-0.2, -0.15) is 5.26 Å². The van der Waals surface area contributed by atoms with Crippen LogP contribution in [0, 0.1) is 25.2 Å². The highest BCUT2D eigenvalue weighted by molar-refractivity contribution is 5.47. The van der Waals surface area contributed by atoms with Crippen molar-refractivity contribution in [1.29, 1.82) is 5.26 Å². The summed E-state index contributed by atoms with van der Waals surface area (Å²) in [6.45, 7) is 3.68. The summed E-state index contributed by atoms with van der Waals surface area (Å²) in [5, 5.41) is 18.4. The van der Waals surface area contributed by atoms with Gasteiger partial charge in [-0.15, -0.1) is 0 Å². The molecule has 2 aromatic rings. The summed E-state index contributed by atoms with van der Waals surface area (Å²) in [5.74, 6) is 1.50. The van der Waals surface area contributed by atoms with E-state index in [0.29, 0.717) is 22.6 Å². The van der Waals surface area contributed by atoms with E-state index in [-0.39, 0.29) is 5.75 Å². The van der Waals surface area contributed by atoms with Crippen LogP contribution in [0.4, 0.5) is 0 Å². The van der Waals surface area contributed by atoms with E-state index in [2.05, 4.69) is 6.07 Å². The third-order valence-corrected chi connectivity index (χ3v) is 2.78. The highest BCUT2D eigenvalue weighted by Gasteiger charge is 2.07. The molecule has 3 heteroatoms. The second kappa shape index (κ2) is 4.80. The summed E-state index contributed by atoms with van der Waals surface area (Å²) < 4.78 is 5.75. The zero-order chi connectivity index (χ0) is 13.1. The molecule has 0 aromatic heterocycles. The van der Waals surface area contributed by atoms with Crippen molar-refractivity contribution in [2.45, 2.75) is 13.8 Å². The molecule has 2 aromatic carbocycles. The van der Waals surface area contributed by atoms with Gasteiger partial charge in [-0.3, -0.25) is 0 Å². The maximum absolute atomic E-state index is 9.61. The molecular weight excluding hydrogens is 226 g/mol. The molecule has 2 rings (SSSR count). The summed E-state index contributed by atoms with van der Waals surface area (Å²) >= 11 is 0. The molecule has 18 heavy (non-hydrogen) atoms. The van der Waals surface area contributed by atoms with Crippen molar-refractivity contribution in [3.63, 3.8) is 0 Å². The summed E-state index contributed by atoms with van der Waals surface area (Å²) in [4.78, 5) is 0. The molecule has 0 saturated heterocycles. The first-order chi connectivity index (χ1) is 8.61. The SMILES string of the molecule is Cc1cc(C#N)ccc1Oc1cccc(O)c1C. The Kier molecular flexibility index (Phi) is 3.20. The number of phenolic OH excluding ortho intramolecular Hbond substituents is 1. The number of aryl methyl sites for hydroxylation is 1. The van der Waals surface area contributed by atoms with Crippen LogP contribution in [0.1, 0.15) is 16.7 Å². The number of nitriles is 1. The number of nitrogens with zero attached hydrogens (tertiary/aromatic N) is 1. The number of ether oxygens (including phenoxy) is 1. The summed E-state index contributed by atoms with van der Waals surface area (Å²) in [6, 6.07) is 12.5. The van der Waals surface area contributed by atoms with Crippen LogP contribution in [0.3, 0.4) is 0 Å². The Labute approximate surface area is 106 Å². The molecule has 0 unspecified atom stereocenters. The standard InChI is InChI=1S/C15H13NO2/c1-10-8-12(9-16)6-7-14(10)18-15-5-3-4-13(17)11(15)2/h3-8,17H,1-2H3. The van der Waals surface area contributed by atoms with Gasteiger partial charge < -0.3 is 9.84 Å². The fourth-order valence-electron chi connectivity index (χ4n) is 1.67. The van der Waals surface area contributed by atoms with Gasteiger partial charge in [0.15, 0.2) is 0 Å². The normalized spacial score (nSPS) is 9.83. The largest absolute Gasteiger partial charge is 0.508 e. The second-order valence-corrected chi connectivity index (χ2v) is 4.09. The number of benzene rings is 2. The van der Waals surface area contributed by atoms with Gasteiger partial charge in [-0.1, -0.05) is 6.07 Å². The van der Waals surface area contributed by atoms with Crippen molar-refractivity contribution in [3.05, 3.63) is 53.1 Å². The quantitative estimate of drug-likeness (QED) is 0.869. The Bertz CT molecular complexity index is 627. The molecule has 0 aliphatic rings. The molecule has 3 nitrogen and oxygen atoms in total. The molecule has 90 valence electrons. The third-order valence-electron chi connectivity index (χ3n) is 2.78. The first kappa shape index (κ1) is 12.0. The highest BCUT2D eigenvalue weighted by Crippen LogP contribution is 2.31. The van der Waals surface area contributed by atoms with Crippen molar-refractivity contribution < 1.29 is 9.84 Å². The van der Waals surface area contributed by atoms with Gasteiger partial charge in [-0.05, 0) is 49.7 Å². The van der Waals surface area contributed by atoms with Gasteiger partial charge in [0.1, 0.15) is 17.2 Å². The van der Waals surface area contributed by atoms with Gasteiger partial charge in [0.05, 0.1) is 11.6 Å². The molecule has 0 heterocycles. The average Bonchev–Trinajstić information content (AvgIpc) is 2.37. The van der Waals surface area contributed by atoms with E-state index in [1.54, 1.807) is 43.3 Å². The van der Waals surface area contributed by atoms with Gasteiger partial charge in [-0.25, -0.2) is 0 Å². The van der Waals surface area contributed by atoms with Crippen molar-refractivity contribution in [1.82, 2.24) is 0 Å². The Morgan fingerprint density at radius 2 is 1.89 bits per heavy atom. The molecule has 0 bridgehead atoms. The van der Waals surface area contributed by atoms with Crippen molar-refractivity contribution in [2.75, 3.05) is 0 Å². The van der Waals surface area contributed by atoms with Gasteiger partial charge in [0, 0.05) is 5.56 Å². The molecule has 1 N–H and O–H groups in total. The van der Waals surface area contributed by atoms with Crippen LogP contribution in [0.15, 0.2) is 36.4 Å². The van der Waals surface area contributed by atoms with Gasteiger partial charge >= 0.3 is 0 Å². The molecule has 0 aliphatic carbocycles. The third kappa shape index (κ3) is 2.28. The van der Waals surface area contributed by atoms with E-state index in [0.717, 1.165) is 5.56 Å². The van der Waals surface area contributed by atoms with Crippen LogP contribution >= 0.6 is 0 Å². The maximum Gasteiger partial charge on any atom is 0.134 e. The van der Waals surface area contributed by atoms with E-state index >= 15 is 0 Å². The first-order valence-electron chi connectivity index (χ1n) is 5.59. The average molecular weight is 239 g/mol. The molecule has 0 spiro atoms. The lowest BCUT2D eigenvalue weighted by molar-refractivity contribution is 0.446. The van der Waals surface area contributed by atoms with Crippen molar-refractivity contribution in [2.24, 2.45) is 0 Å². The number of aromatic hydroxyl groups is 1. The predicted octanol–water partition coefficient (Wildman–Crippen LogP) is 3.67. The minimum Gasteiger partial charge on any atom is -0.508 e. The number of hydrogen-bond acceptors (Lipinski definition) is 3. The van der Waals surface area contributed by atoms with E-state index in [9.17, 15) is 5.11 Å². The molecule has 0 radical (unpaired) electrons. The Morgan fingerprint density at radius 3 is 2.56 bits per heavy atom. The van der Waals surface area contributed by atoms with Crippen LogP contribution in [-0.4, -0.2) is 5.11 Å². The van der Waals surface area contributed by atoms with E-state index in [4.69, 9.17) is 10.00 Å². The van der Waals surface area contributed by atoms with E-state index < -0.39 is 0 Å².